The molecule has 1 N–H and O–H groups in total. The molecular weight excluding hydrogens is 367 g/mol. The van der Waals surface area contributed by atoms with Gasteiger partial charge in [0.25, 0.3) is 0 Å². The maximum atomic E-state index is 13.0. The minimum atomic E-state index is -0.199. The zero-order chi connectivity index (χ0) is 20.2. The summed E-state index contributed by atoms with van der Waals surface area (Å²) in [5.74, 6) is -0.0419. The largest absolute Gasteiger partial charge is 0.341 e. The Bertz CT molecular complexity index is 960. The summed E-state index contributed by atoms with van der Waals surface area (Å²) < 4.78 is 15.0. The molecule has 2 aromatic heterocycles. The van der Waals surface area contributed by atoms with E-state index in [2.05, 4.69) is 17.2 Å². The Morgan fingerprint density at radius 1 is 1.21 bits per heavy atom. The molecule has 4 rings (SSSR count). The Hall–Kier alpha value is -2.73. The molecule has 3 aromatic rings. The lowest BCUT2D eigenvalue weighted by molar-refractivity contribution is -0.132. The molecular formula is C23H27FN4O. The van der Waals surface area contributed by atoms with Crippen molar-refractivity contribution in [3.8, 4) is 0 Å². The molecule has 152 valence electrons. The van der Waals surface area contributed by atoms with Gasteiger partial charge in [0, 0.05) is 43.0 Å². The number of carbonyl (C=O) groups is 1. The second-order valence-electron chi connectivity index (χ2n) is 7.93. The number of likely N-dealkylation sites (tertiary alicyclic amines) is 1. The summed E-state index contributed by atoms with van der Waals surface area (Å²) in [6.45, 7) is 4.06. The third-order valence-corrected chi connectivity index (χ3v) is 5.70. The fraction of sp³-hybridized carbons (Fsp3) is 0.391. The Kier molecular flexibility index (Phi) is 5.90. The lowest BCUT2D eigenvalue weighted by atomic mass is 10.0. The van der Waals surface area contributed by atoms with Gasteiger partial charge in [-0.05, 0) is 56.0 Å². The molecule has 1 atom stereocenters. The Balaban J connectivity index is 1.25. The van der Waals surface area contributed by atoms with Crippen molar-refractivity contribution in [2.24, 2.45) is 0 Å². The number of benzene rings is 1. The number of hydrogen-bond acceptors (Lipinski definition) is 3. The van der Waals surface area contributed by atoms with Gasteiger partial charge in [0.05, 0.1) is 11.7 Å². The van der Waals surface area contributed by atoms with Crippen LogP contribution in [-0.2, 0) is 17.8 Å². The van der Waals surface area contributed by atoms with Crippen molar-refractivity contribution in [1.82, 2.24) is 19.8 Å². The van der Waals surface area contributed by atoms with Gasteiger partial charge in [0.15, 0.2) is 0 Å². The molecule has 0 aliphatic carbocycles. The molecule has 1 aliphatic rings. The molecule has 0 spiro atoms. The van der Waals surface area contributed by atoms with Gasteiger partial charge in [-0.15, -0.1) is 0 Å². The smallest absolute Gasteiger partial charge is 0.242 e. The predicted molar refractivity (Wildman–Crippen MR) is 112 cm³/mol. The molecule has 1 saturated heterocycles. The van der Waals surface area contributed by atoms with Crippen LogP contribution in [0.25, 0.3) is 10.9 Å². The minimum absolute atomic E-state index is 0.157. The number of aromatic nitrogens is 2. The summed E-state index contributed by atoms with van der Waals surface area (Å²) in [6.07, 6.45) is 8.30. The van der Waals surface area contributed by atoms with E-state index in [4.69, 9.17) is 0 Å². The highest BCUT2D eigenvalue weighted by atomic mass is 19.1. The number of halogens is 1. The zero-order valence-electron chi connectivity index (χ0n) is 16.7. The Morgan fingerprint density at radius 3 is 2.72 bits per heavy atom. The van der Waals surface area contributed by atoms with Gasteiger partial charge in [0.1, 0.15) is 12.4 Å². The molecule has 1 amide bonds. The summed E-state index contributed by atoms with van der Waals surface area (Å²) in [6, 6.07) is 11.4. The summed E-state index contributed by atoms with van der Waals surface area (Å²) in [7, 11) is 0. The molecule has 0 saturated carbocycles. The number of nitrogens with one attached hydrogen (secondary N) is 1. The average molecular weight is 394 g/mol. The zero-order valence-corrected chi connectivity index (χ0v) is 16.7. The van der Waals surface area contributed by atoms with Gasteiger partial charge < -0.3 is 14.8 Å². The van der Waals surface area contributed by atoms with Crippen LogP contribution in [0.15, 0.2) is 55.0 Å². The predicted octanol–water partition coefficient (Wildman–Crippen LogP) is 3.39. The number of rotatable bonds is 6. The van der Waals surface area contributed by atoms with Gasteiger partial charge in [-0.3, -0.25) is 9.78 Å². The molecule has 29 heavy (non-hydrogen) atoms. The normalized spacial score (nSPS) is 16.3. The average Bonchev–Trinajstić information content (AvgIpc) is 3.13. The van der Waals surface area contributed by atoms with Crippen molar-refractivity contribution in [3.05, 3.63) is 66.4 Å². The SMILES string of the molecule is CC(Cc1ccc(F)cc1)NC1CCN(C(=O)Cn2ccc3ccncc32)CC1. The molecule has 1 aliphatic heterocycles. The van der Waals surface area contributed by atoms with Gasteiger partial charge in [-0.2, -0.15) is 0 Å². The number of pyridine rings is 1. The van der Waals surface area contributed by atoms with Crippen LogP contribution in [-0.4, -0.2) is 45.5 Å². The molecule has 1 fully saturated rings. The van der Waals surface area contributed by atoms with Crippen molar-refractivity contribution in [2.45, 2.75) is 44.8 Å². The van der Waals surface area contributed by atoms with Crippen LogP contribution < -0.4 is 5.32 Å². The van der Waals surface area contributed by atoms with Crippen molar-refractivity contribution in [3.63, 3.8) is 0 Å². The second-order valence-corrected chi connectivity index (χ2v) is 7.93. The van der Waals surface area contributed by atoms with E-state index in [9.17, 15) is 9.18 Å². The van der Waals surface area contributed by atoms with Crippen molar-refractivity contribution < 1.29 is 9.18 Å². The number of nitrogens with zero attached hydrogens (tertiary/aromatic N) is 3. The van der Waals surface area contributed by atoms with Gasteiger partial charge in [0.2, 0.25) is 5.91 Å². The Morgan fingerprint density at radius 2 is 1.97 bits per heavy atom. The highest BCUT2D eigenvalue weighted by molar-refractivity contribution is 5.82. The first-order valence-corrected chi connectivity index (χ1v) is 10.3. The van der Waals surface area contributed by atoms with Crippen molar-refractivity contribution in [2.75, 3.05) is 13.1 Å². The van der Waals surface area contributed by atoms with Gasteiger partial charge in [-0.1, -0.05) is 12.1 Å². The number of hydrogen-bond donors (Lipinski definition) is 1. The van der Waals surface area contributed by atoms with Crippen LogP contribution in [0.4, 0.5) is 4.39 Å². The van der Waals surface area contributed by atoms with Crippen LogP contribution in [0.1, 0.15) is 25.3 Å². The van der Waals surface area contributed by atoms with E-state index >= 15 is 0 Å². The summed E-state index contributed by atoms with van der Waals surface area (Å²) >= 11 is 0. The second kappa shape index (κ2) is 8.74. The minimum Gasteiger partial charge on any atom is -0.341 e. The third kappa shape index (κ3) is 4.82. The number of fused-ring (bicyclic) bond motifs is 1. The summed E-state index contributed by atoms with van der Waals surface area (Å²) in [5, 5.41) is 4.77. The lowest BCUT2D eigenvalue weighted by Crippen LogP contribution is -2.48. The molecule has 3 heterocycles. The summed E-state index contributed by atoms with van der Waals surface area (Å²) in [5.41, 5.74) is 2.12. The van der Waals surface area contributed by atoms with Crippen molar-refractivity contribution >= 4 is 16.8 Å². The maximum Gasteiger partial charge on any atom is 0.242 e. The van der Waals surface area contributed by atoms with E-state index < -0.39 is 0 Å². The van der Waals surface area contributed by atoms with E-state index in [1.807, 2.05) is 39.9 Å². The molecule has 5 nitrogen and oxygen atoms in total. The van der Waals surface area contributed by atoms with E-state index in [1.54, 1.807) is 12.4 Å². The number of amides is 1. The topological polar surface area (TPSA) is 50.2 Å². The molecule has 1 unspecified atom stereocenters. The highest BCUT2D eigenvalue weighted by Gasteiger charge is 2.24. The molecule has 0 bridgehead atoms. The van der Waals surface area contributed by atoms with Crippen LogP contribution in [0, 0.1) is 5.82 Å². The first-order chi connectivity index (χ1) is 14.1. The van der Waals surface area contributed by atoms with Crippen LogP contribution in [0.5, 0.6) is 0 Å². The van der Waals surface area contributed by atoms with E-state index in [1.165, 1.54) is 12.1 Å². The fourth-order valence-corrected chi connectivity index (χ4v) is 4.14. The lowest BCUT2D eigenvalue weighted by Gasteiger charge is -2.34. The van der Waals surface area contributed by atoms with Gasteiger partial charge >= 0.3 is 0 Å². The Labute approximate surface area is 170 Å². The van der Waals surface area contributed by atoms with E-state index in [0.29, 0.717) is 18.6 Å². The van der Waals surface area contributed by atoms with E-state index in [0.717, 1.165) is 48.8 Å². The van der Waals surface area contributed by atoms with Crippen molar-refractivity contribution in [1.29, 1.82) is 0 Å². The van der Waals surface area contributed by atoms with E-state index in [-0.39, 0.29) is 11.7 Å². The number of carbonyl (C=O) groups excluding carboxylic acids is 1. The highest BCUT2D eigenvalue weighted by Crippen LogP contribution is 2.16. The van der Waals surface area contributed by atoms with Crippen LogP contribution in [0.2, 0.25) is 0 Å². The first-order valence-electron chi connectivity index (χ1n) is 10.3. The van der Waals surface area contributed by atoms with Gasteiger partial charge in [-0.25, -0.2) is 4.39 Å². The van der Waals surface area contributed by atoms with Crippen LogP contribution in [0.3, 0.4) is 0 Å². The number of piperidine rings is 1. The molecule has 1 aromatic carbocycles. The van der Waals surface area contributed by atoms with Crippen LogP contribution >= 0.6 is 0 Å². The molecule has 0 radical (unpaired) electrons. The summed E-state index contributed by atoms with van der Waals surface area (Å²) in [4.78, 5) is 18.9. The first kappa shape index (κ1) is 19.6. The monoisotopic (exact) mass is 394 g/mol. The standard InChI is InChI=1S/C23H27FN4O/c1-17(14-18-2-4-20(24)5-3-18)26-21-8-12-27(13-9-21)23(29)16-28-11-7-19-6-10-25-15-22(19)28/h2-7,10-11,15,17,21,26H,8-9,12-14,16H2,1H3. The quantitative estimate of drug-likeness (QED) is 0.697. The third-order valence-electron chi connectivity index (χ3n) is 5.70. The molecule has 6 heteroatoms. The fourth-order valence-electron chi connectivity index (χ4n) is 4.14. The maximum absolute atomic E-state index is 13.0.